The SMILES string of the molecule is CC12CCCCC1N(C(=O)COc1ccc(CCN)cc1)CCC2. The fraction of sp³-hybridized carbons (Fsp3) is 0.650. The topological polar surface area (TPSA) is 55.6 Å². The predicted molar refractivity (Wildman–Crippen MR) is 96.0 cm³/mol. The van der Waals surface area contributed by atoms with Crippen LogP contribution in [0.2, 0.25) is 0 Å². The summed E-state index contributed by atoms with van der Waals surface area (Å²) in [5, 5.41) is 0. The lowest BCUT2D eigenvalue weighted by atomic mass is 9.66. The van der Waals surface area contributed by atoms with Crippen molar-refractivity contribution in [1.29, 1.82) is 0 Å². The molecule has 1 heterocycles. The van der Waals surface area contributed by atoms with Gasteiger partial charge in [0.15, 0.2) is 6.61 Å². The van der Waals surface area contributed by atoms with E-state index in [4.69, 9.17) is 10.5 Å². The third-order valence-corrected chi connectivity index (χ3v) is 5.84. The van der Waals surface area contributed by atoms with Gasteiger partial charge in [0.25, 0.3) is 5.91 Å². The summed E-state index contributed by atoms with van der Waals surface area (Å²) in [5.41, 5.74) is 7.08. The molecule has 1 amide bonds. The quantitative estimate of drug-likeness (QED) is 0.902. The zero-order valence-corrected chi connectivity index (χ0v) is 14.8. The Morgan fingerprint density at radius 3 is 2.75 bits per heavy atom. The second-order valence-corrected chi connectivity index (χ2v) is 7.58. The van der Waals surface area contributed by atoms with Crippen molar-refractivity contribution in [3.63, 3.8) is 0 Å². The first-order chi connectivity index (χ1) is 11.6. The standard InChI is InChI=1S/C20H30N2O2/c1-20-11-3-2-5-18(20)22(14-4-12-20)19(23)15-24-17-8-6-16(7-9-17)10-13-21/h6-9,18H,2-5,10-15,21H2,1H3. The van der Waals surface area contributed by atoms with Crippen LogP contribution in [0, 0.1) is 5.41 Å². The third-order valence-electron chi connectivity index (χ3n) is 5.84. The molecular formula is C20H30N2O2. The minimum absolute atomic E-state index is 0.138. The van der Waals surface area contributed by atoms with Crippen LogP contribution >= 0.6 is 0 Å². The largest absolute Gasteiger partial charge is 0.484 e. The highest BCUT2D eigenvalue weighted by Crippen LogP contribution is 2.45. The normalized spacial score (nSPS) is 26.8. The summed E-state index contributed by atoms with van der Waals surface area (Å²) in [6.07, 6.45) is 8.19. The molecule has 2 N–H and O–H groups in total. The number of nitrogens with two attached hydrogens (primary N) is 1. The second kappa shape index (κ2) is 7.56. The van der Waals surface area contributed by atoms with Crippen LogP contribution in [0.1, 0.15) is 51.0 Å². The number of rotatable bonds is 5. The molecule has 24 heavy (non-hydrogen) atoms. The van der Waals surface area contributed by atoms with Gasteiger partial charge < -0.3 is 15.4 Å². The average Bonchev–Trinajstić information content (AvgIpc) is 2.60. The summed E-state index contributed by atoms with van der Waals surface area (Å²) in [6, 6.07) is 8.30. The van der Waals surface area contributed by atoms with E-state index < -0.39 is 0 Å². The van der Waals surface area contributed by atoms with Crippen molar-refractivity contribution in [1.82, 2.24) is 4.90 Å². The Kier molecular flexibility index (Phi) is 5.44. The van der Waals surface area contributed by atoms with Crippen LogP contribution < -0.4 is 10.5 Å². The monoisotopic (exact) mass is 330 g/mol. The fourth-order valence-electron chi connectivity index (χ4n) is 4.46. The average molecular weight is 330 g/mol. The summed E-state index contributed by atoms with van der Waals surface area (Å²) >= 11 is 0. The van der Waals surface area contributed by atoms with E-state index in [0.29, 0.717) is 18.0 Å². The van der Waals surface area contributed by atoms with Crippen LogP contribution in [-0.2, 0) is 11.2 Å². The molecule has 2 fully saturated rings. The van der Waals surface area contributed by atoms with Crippen molar-refractivity contribution in [2.45, 2.75) is 57.9 Å². The van der Waals surface area contributed by atoms with E-state index in [1.54, 1.807) is 0 Å². The second-order valence-electron chi connectivity index (χ2n) is 7.58. The lowest BCUT2D eigenvalue weighted by Crippen LogP contribution is -2.55. The lowest BCUT2D eigenvalue weighted by Gasteiger charge is -2.51. The van der Waals surface area contributed by atoms with Gasteiger partial charge in [-0.2, -0.15) is 0 Å². The summed E-state index contributed by atoms with van der Waals surface area (Å²) in [6.45, 7) is 4.04. The molecule has 1 saturated carbocycles. The van der Waals surface area contributed by atoms with Gasteiger partial charge in [-0.05, 0) is 61.8 Å². The number of benzene rings is 1. The maximum Gasteiger partial charge on any atom is 0.260 e. The van der Waals surface area contributed by atoms with Crippen molar-refractivity contribution in [2.24, 2.45) is 11.1 Å². The van der Waals surface area contributed by atoms with Crippen molar-refractivity contribution in [2.75, 3.05) is 19.7 Å². The summed E-state index contributed by atoms with van der Waals surface area (Å²) < 4.78 is 5.74. The number of likely N-dealkylation sites (tertiary alicyclic amines) is 1. The molecule has 1 aromatic carbocycles. The number of piperidine rings is 1. The first-order valence-electron chi connectivity index (χ1n) is 9.34. The molecule has 1 saturated heterocycles. The van der Waals surface area contributed by atoms with Gasteiger partial charge in [-0.25, -0.2) is 0 Å². The van der Waals surface area contributed by atoms with Crippen molar-refractivity contribution in [3.05, 3.63) is 29.8 Å². The molecule has 4 heteroatoms. The van der Waals surface area contributed by atoms with Crippen molar-refractivity contribution in [3.8, 4) is 5.75 Å². The Morgan fingerprint density at radius 2 is 2.00 bits per heavy atom. The van der Waals surface area contributed by atoms with Gasteiger partial charge in [0.1, 0.15) is 5.75 Å². The molecular weight excluding hydrogens is 300 g/mol. The molecule has 1 aliphatic carbocycles. The highest BCUT2D eigenvalue weighted by Gasteiger charge is 2.43. The number of ether oxygens (including phenoxy) is 1. The number of fused-ring (bicyclic) bond motifs is 1. The van der Waals surface area contributed by atoms with E-state index in [9.17, 15) is 4.79 Å². The van der Waals surface area contributed by atoms with Crippen LogP contribution in [0.15, 0.2) is 24.3 Å². The number of carbonyl (C=O) groups is 1. The molecule has 0 radical (unpaired) electrons. The summed E-state index contributed by atoms with van der Waals surface area (Å²) in [4.78, 5) is 14.8. The number of nitrogens with zero attached hydrogens (tertiary/aromatic N) is 1. The highest BCUT2D eigenvalue weighted by atomic mass is 16.5. The van der Waals surface area contributed by atoms with Crippen LogP contribution in [0.5, 0.6) is 5.75 Å². The van der Waals surface area contributed by atoms with Gasteiger partial charge >= 0.3 is 0 Å². The number of carbonyl (C=O) groups excluding carboxylic acids is 1. The predicted octanol–water partition coefficient (Wildman–Crippen LogP) is 3.14. The van der Waals surface area contributed by atoms with E-state index in [1.165, 1.54) is 31.2 Å². The van der Waals surface area contributed by atoms with E-state index in [-0.39, 0.29) is 12.5 Å². The van der Waals surface area contributed by atoms with Crippen molar-refractivity contribution >= 4 is 5.91 Å². The molecule has 0 bridgehead atoms. The molecule has 132 valence electrons. The van der Waals surface area contributed by atoms with Crippen molar-refractivity contribution < 1.29 is 9.53 Å². The molecule has 4 nitrogen and oxygen atoms in total. The highest BCUT2D eigenvalue weighted by molar-refractivity contribution is 5.78. The Balaban J connectivity index is 1.58. The van der Waals surface area contributed by atoms with E-state index >= 15 is 0 Å². The molecule has 1 aliphatic heterocycles. The van der Waals surface area contributed by atoms with Crippen LogP contribution in [0.4, 0.5) is 0 Å². The number of hydrogen-bond acceptors (Lipinski definition) is 3. The zero-order chi connectivity index (χ0) is 17.0. The third kappa shape index (κ3) is 3.75. The van der Waals surface area contributed by atoms with Gasteiger partial charge in [-0.3, -0.25) is 4.79 Å². The van der Waals surface area contributed by atoms with Gasteiger partial charge in [-0.1, -0.05) is 31.9 Å². The minimum atomic E-state index is 0.138. The molecule has 2 aliphatic rings. The lowest BCUT2D eigenvalue weighted by molar-refractivity contribution is -0.143. The van der Waals surface area contributed by atoms with Gasteiger partial charge in [-0.15, -0.1) is 0 Å². The Labute approximate surface area is 145 Å². The van der Waals surface area contributed by atoms with E-state index in [1.807, 2.05) is 24.3 Å². The molecule has 1 aromatic rings. The zero-order valence-electron chi connectivity index (χ0n) is 14.8. The van der Waals surface area contributed by atoms with Gasteiger partial charge in [0.05, 0.1) is 0 Å². The van der Waals surface area contributed by atoms with Gasteiger partial charge in [0, 0.05) is 12.6 Å². The van der Waals surface area contributed by atoms with E-state index in [0.717, 1.165) is 31.6 Å². The Morgan fingerprint density at radius 1 is 1.25 bits per heavy atom. The molecule has 0 spiro atoms. The smallest absolute Gasteiger partial charge is 0.260 e. The first-order valence-corrected chi connectivity index (χ1v) is 9.34. The van der Waals surface area contributed by atoms with Gasteiger partial charge in [0.2, 0.25) is 0 Å². The van der Waals surface area contributed by atoms with Crippen LogP contribution in [-0.4, -0.2) is 36.5 Å². The first kappa shape index (κ1) is 17.3. The maximum absolute atomic E-state index is 12.7. The minimum Gasteiger partial charge on any atom is -0.484 e. The van der Waals surface area contributed by atoms with Crippen LogP contribution in [0.3, 0.4) is 0 Å². The molecule has 2 atom stereocenters. The Hall–Kier alpha value is -1.55. The number of hydrogen-bond donors (Lipinski definition) is 1. The molecule has 3 rings (SSSR count). The fourth-order valence-corrected chi connectivity index (χ4v) is 4.46. The number of amides is 1. The van der Waals surface area contributed by atoms with E-state index in [2.05, 4.69) is 11.8 Å². The maximum atomic E-state index is 12.7. The Bertz CT molecular complexity index is 553. The summed E-state index contributed by atoms with van der Waals surface area (Å²) in [7, 11) is 0. The molecule has 0 aromatic heterocycles. The van der Waals surface area contributed by atoms with Crippen LogP contribution in [0.25, 0.3) is 0 Å². The summed E-state index contributed by atoms with van der Waals surface area (Å²) in [5.74, 6) is 0.895. The molecule has 2 unspecified atom stereocenters.